The zero-order valence-corrected chi connectivity index (χ0v) is 20.1. The highest BCUT2D eigenvalue weighted by atomic mass is 35.5. The SMILES string of the molecule is CC(C)C(NC(=O)c1ccc([N+](=O)[O-])cc1Cl)C(=O)Nc1cccc(CN2CCSCC2)c1. The summed E-state index contributed by atoms with van der Waals surface area (Å²) in [5.74, 6) is 1.15. The number of carbonyl (C=O) groups is 2. The first-order valence-corrected chi connectivity index (χ1v) is 12.2. The van der Waals surface area contributed by atoms with Crippen molar-refractivity contribution in [2.75, 3.05) is 29.9 Å². The summed E-state index contributed by atoms with van der Waals surface area (Å²) in [5, 5.41) is 16.4. The van der Waals surface area contributed by atoms with Crippen LogP contribution in [0.4, 0.5) is 11.4 Å². The molecule has 1 heterocycles. The number of non-ortho nitro benzene ring substituents is 1. The molecule has 8 nitrogen and oxygen atoms in total. The van der Waals surface area contributed by atoms with E-state index in [1.165, 1.54) is 12.1 Å². The molecule has 1 atom stereocenters. The minimum absolute atomic E-state index is 0.0478. The van der Waals surface area contributed by atoms with Gasteiger partial charge in [-0.1, -0.05) is 37.6 Å². The second kappa shape index (κ2) is 11.5. The number of hydrogen-bond acceptors (Lipinski definition) is 6. The van der Waals surface area contributed by atoms with Gasteiger partial charge in [0, 0.05) is 49.0 Å². The van der Waals surface area contributed by atoms with E-state index in [1.807, 2.05) is 49.9 Å². The van der Waals surface area contributed by atoms with Gasteiger partial charge in [-0.2, -0.15) is 11.8 Å². The van der Waals surface area contributed by atoms with Crippen LogP contribution >= 0.6 is 23.4 Å². The van der Waals surface area contributed by atoms with Crippen molar-refractivity contribution in [3.8, 4) is 0 Å². The molecule has 1 saturated heterocycles. The average molecular weight is 491 g/mol. The number of rotatable bonds is 8. The first-order chi connectivity index (χ1) is 15.7. The molecule has 2 amide bonds. The number of hydrogen-bond donors (Lipinski definition) is 2. The number of nitrogens with zero attached hydrogens (tertiary/aromatic N) is 2. The molecule has 2 aromatic rings. The Labute approximate surface area is 202 Å². The summed E-state index contributed by atoms with van der Waals surface area (Å²) in [6, 6.07) is 10.5. The van der Waals surface area contributed by atoms with Crippen LogP contribution in [0.1, 0.15) is 29.8 Å². The molecule has 1 unspecified atom stereocenters. The third-order valence-corrected chi connectivity index (χ3v) is 6.60. The highest BCUT2D eigenvalue weighted by Crippen LogP contribution is 2.23. The predicted molar refractivity (Wildman–Crippen MR) is 132 cm³/mol. The van der Waals surface area contributed by atoms with Crippen LogP contribution < -0.4 is 10.6 Å². The van der Waals surface area contributed by atoms with Gasteiger partial charge in [0.2, 0.25) is 5.91 Å². The number of amides is 2. The molecule has 1 aliphatic heterocycles. The van der Waals surface area contributed by atoms with Crippen LogP contribution in [0.5, 0.6) is 0 Å². The first kappa shape index (κ1) is 25.0. The van der Waals surface area contributed by atoms with Gasteiger partial charge in [-0.05, 0) is 29.7 Å². The van der Waals surface area contributed by atoms with Gasteiger partial charge in [-0.15, -0.1) is 0 Å². The van der Waals surface area contributed by atoms with Crippen LogP contribution in [0.25, 0.3) is 0 Å². The van der Waals surface area contributed by atoms with Crippen molar-refractivity contribution in [1.29, 1.82) is 0 Å². The summed E-state index contributed by atoms with van der Waals surface area (Å²) in [6.07, 6.45) is 0. The number of nitrogens with one attached hydrogen (secondary N) is 2. The van der Waals surface area contributed by atoms with Crippen LogP contribution in [-0.2, 0) is 11.3 Å². The van der Waals surface area contributed by atoms with Crippen molar-refractivity contribution in [2.24, 2.45) is 5.92 Å². The first-order valence-electron chi connectivity index (χ1n) is 10.7. The molecule has 10 heteroatoms. The van der Waals surface area contributed by atoms with Crippen molar-refractivity contribution in [2.45, 2.75) is 26.4 Å². The molecule has 3 rings (SSSR count). The van der Waals surface area contributed by atoms with Crippen molar-refractivity contribution in [1.82, 2.24) is 10.2 Å². The number of benzene rings is 2. The number of carbonyl (C=O) groups excluding carboxylic acids is 2. The number of halogens is 1. The highest BCUT2D eigenvalue weighted by Gasteiger charge is 2.26. The third-order valence-electron chi connectivity index (χ3n) is 5.35. The Bertz CT molecular complexity index is 1030. The molecule has 33 heavy (non-hydrogen) atoms. The van der Waals surface area contributed by atoms with Gasteiger partial charge in [0.25, 0.3) is 11.6 Å². The number of anilines is 1. The molecule has 2 aromatic carbocycles. The van der Waals surface area contributed by atoms with E-state index in [0.29, 0.717) is 5.69 Å². The van der Waals surface area contributed by atoms with Gasteiger partial charge in [-0.3, -0.25) is 24.6 Å². The number of nitro groups is 1. The van der Waals surface area contributed by atoms with Crippen LogP contribution in [0.3, 0.4) is 0 Å². The summed E-state index contributed by atoms with van der Waals surface area (Å²) in [5.41, 5.74) is 1.64. The maximum Gasteiger partial charge on any atom is 0.270 e. The lowest BCUT2D eigenvalue weighted by Gasteiger charge is -2.26. The van der Waals surface area contributed by atoms with E-state index in [0.717, 1.165) is 42.8 Å². The Hall–Kier alpha value is -2.62. The fourth-order valence-electron chi connectivity index (χ4n) is 3.54. The second-order valence-corrected chi connectivity index (χ2v) is 9.83. The van der Waals surface area contributed by atoms with Crippen LogP contribution in [0.2, 0.25) is 5.02 Å². The van der Waals surface area contributed by atoms with Gasteiger partial charge in [0.1, 0.15) is 6.04 Å². The highest BCUT2D eigenvalue weighted by molar-refractivity contribution is 7.99. The Morgan fingerprint density at radius 3 is 2.55 bits per heavy atom. The lowest BCUT2D eigenvalue weighted by atomic mass is 10.0. The maximum absolute atomic E-state index is 13.0. The fourth-order valence-corrected chi connectivity index (χ4v) is 4.78. The predicted octanol–water partition coefficient (Wildman–Crippen LogP) is 4.19. The van der Waals surface area contributed by atoms with Gasteiger partial charge in [0.05, 0.1) is 15.5 Å². The molecule has 0 bridgehead atoms. The maximum atomic E-state index is 13.0. The number of nitro benzene ring substituents is 1. The topological polar surface area (TPSA) is 105 Å². The molecule has 0 spiro atoms. The van der Waals surface area contributed by atoms with Crippen molar-refractivity contribution in [3.05, 3.63) is 68.7 Å². The molecule has 1 fully saturated rings. The summed E-state index contributed by atoms with van der Waals surface area (Å²) >= 11 is 8.03. The summed E-state index contributed by atoms with van der Waals surface area (Å²) in [7, 11) is 0. The molecule has 0 aliphatic carbocycles. The average Bonchev–Trinajstić information content (AvgIpc) is 2.77. The lowest BCUT2D eigenvalue weighted by molar-refractivity contribution is -0.384. The summed E-state index contributed by atoms with van der Waals surface area (Å²) < 4.78 is 0. The normalized spacial score (nSPS) is 15.2. The van der Waals surface area contributed by atoms with Gasteiger partial charge < -0.3 is 10.6 Å². The Kier molecular flexibility index (Phi) is 8.71. The van der Waals surface area contributed by atoms with E-state index in [9.17, 15) is 19.7 Å². The van der Waals surface area contributed by atoms with Gasteiger partial charge in [-0.25, -0.2) is 0 Å². The zero-order chi connectivity index (χ0) is 24.0. The largest absolute Gasteiger partial charge is 0.340 e. The Morgan fingerprint density at radius 1 is 1.18 bits per heavy atom. The second-order valence-electron chi connectivity index (χ2n) is 8.19. The van der Waals surface area contributed by atoms with E-state index in [-0.39, 0.29) is 28.1 Å². The van der Waals surface area contributed by atoms with E-state index in [2.05, 4.69) is 15.5 Å². The molecule has 1 aliphatic rings. The number of thioether (sulfide) groups is 1. The summed E-state index contributed by atoms with van der Waals surface area (Å²) in [6.45, 7) is 6.58. The molecular weight excluding hydrogens is 464 g/mol. The van der Waals surface area contributed by atoms with E-state index >= 15 is 0 Å². The van der Waals surface area contributed by atoms with E-state index in [4.69, 9.17) is 11.6 Å². The smallest absolute Gasteiger partial charge is 0.270 e. The van der Waals surface area contributed by atoms with Crippen LogP contribution in [-0.4, -0.2) is 52.3 Å². The fraction of sp³-hybridized carbons (Fsp3) is 0.391. The zero-order valence-electron chi connectivity index (χ0n) is 18.5. The third kappa shape index (κ3) is 6.93. The minimum atomic E-state index is -0.813. The van der Waals surface area contributed by atoms with Crippen molar-refractivity contribution < 1.29 is 14.5 Å². The van der Waals surface area contributed by atoms with Crippen molar-refractivity contribution >= 4 is 46.6 Å². The Balaban J connectivity index is 1.67. The Morgan fingerprint density at radius 2 is 1.91 bits per heavy atom. The monoisotopic (exact) mass is 490 g/mol. The van der Waals surface area contributed by atoms with Gasteiger partial charge in [0.15, 0.2) is 0 Å². The molecule has 0 aromatic heterocycles. The summed E-state index contributed by atoms with van der Waals surface area (Å²) in [4.78, 5) is 38.4. The van der Waals surface area contributed by atoms with Crippen LogP contribution in [0, 0.1) is 16.0 Å². The molecule has 0 radical (unpaired) electrons. The van der Waals surface area contributed by atoms with Gasteiger partial charge >= 0.3 is 0 Å². The molecule has 2 N–H and O–H groups in total. The molecular formula is C23H27ClN4O4S. The lowest BCUT2D eigenvalue weighted by Crippen LogP contribution is -2.47. The standard InChI is InChI=1S/C23H27ClN4O4S/c1-15(2)21(26-22(29)19-7-6-18(28(31)32)13-20(19)24)23(30)25-17-5-3-4-16(12-17)14-27-8-10-33-11-9-27/h3-7,12-13,15,21H,8-11,14H2,1-2H3,(H,25,30)(H,26,29). The van der Waals surface area contributed by atoms with E-state index < -0.39 is 16.9 Å². The van der Waals surface area contributed by atoms with Crippen molar-refractivity contribution in [3.63, 3.8) is 0 Å². The van der Waals surface area contributed by atoms with E-state index in [1.54, 1.807) is 0 Å². The molecule has 0 saturated carbocycles. The minimum Gasteiger partial charge on any atom is -0.340 e. The van der Waals surface area contributed by atoms with Crippen LogP contribution in [0.15, 0.2) is 42.5 Å². The quantitative estimate of drug-likeness (QED) is 0.424. The molecule has 176 valence electrons.